The lowest BCUT2D eigenvalue weighted by molar-refractivity contribution is 0.626. The van der Waals surface area contributed by atoms with E-state index in [0.717, 1.165) is 11.1 Å². The Morgan fingerprint density at radius 2 is 1.81 bits per heavy atom. The van der Waals surface area contributed by atoms with Crippen molar-refractivity contribution in [2.24, 2.45) is 0 Å². The number of pyridine rings is 1. The van der Waals surface area contributed by atoms with Crippen molar-refractivity contribution >= 4 is 23.4 Å². The number of nitrogens with zero attached hydrogens (tertiary/aromatic N) is 6. The lowest BCUT2D eigenvalue weighted by atomic mass is 10.1. The van der Waals surface area contributed by atoms with Gasteiger partial charge in [0.25, 0.3) is 0 Å². The summed E-state index contributed by atoms with van der Waals surface area (Å²) in [5.74, 6) is 1.55. The molecule has 0 amide bonds. The molecule has 3 N–H and O–H groups in total. The van der Waals surface area contributed by atoms with Crippen molar-refractivity contribution in [3.8, 4) is 0 Å². The SMILES string of the molecule is C[C@H](Nc1nc(N)cc(N(Cc2cccnc2)c2cnccn2)n1)c1ccc(F)cc1. The highest BCUT2D eigenvalue weighted by molar-refractivity contribution is 5.60. The molecular weight excluding hydrogens is 395 g/mol. The molecule has 3 aromatic heterocycles. The van der Waals surface area contributed by atoms with Crippen molar-refractivity contribution < 1.29 is 4.39 Å². The number of aromatic nitrogens is 5. The molecule has 0 fully saturated rings. The minimum Gasteiger partial charge on any atom is -0.383 e. The van der Waals surface area contributed by atoms with Crippen LogP contribution in [0.1, 0.15) is 24.1 Å². The van der Waals surface area contributed by atoms with Gasteiger partial charge >= 0.3 is 0 Å². The summed E-state index contributed by atoms with van der Waals surface area (Å²) in [6.45, 7) is 2.41. The Morgan fingerprint density at radius 1 is 1.00 bits per heavy atom. The standard InChI is InChI=1S/C22H21FN8/c1-15(17-4-6-18(23)7-5-17)28-22-29-19(24)11-20(30-22)31(21-13-26-9-10-27-21)14-16-3-2-8-25-12-16/h2-13,15H,14H2,1H3,(H3,24,28,29,30)/t15-/m0/s1. The zero-order valence-corrected chi connectivity index (χ0v) is 16.9. The van der Waals surface area contributed by atoms with Crippen LogP contribution in [0.2, 0.25) is 0 Å². The molecule has 0 aliphatic rings. The quantitative estimate of drug-likeness (QED) is 0.467. The van der Waals surface area contributed by atoms with Gasteiger partial charge in [-0.25, -0.2) is 9.37 Å². The Bertz CT molecular complexity index is 1120. The van der Waals surface area contributed by atoms with E-state index in [0.29, 0.717) is 29.9 Å². The van der Waals surface area contributed by atoms with Crippen LogP contribution >= 0.6 is 0 Å². The Kier molecular flexibility index (Phi) is 5.93. The van der Waals surface area contributed by atoms with Crippen LogP contribution in [0.3, 0.4) is 0 Å². The third kappa shape index (κ3) is 5.08. The lowest BCUT2D eigenvalue weighted by Gasteiger charge is -2.23. The second kappa shape index (κ2) is 9.12. The molecule has 0 spiro atoms. The van der Waals surface area contributed by atoms with Crippen LogP contribution in [-0.4, -0.2) is 24.9 Å². The Morgan fingerprint density at radius 3 is 2.52 bits per heavy atom. The first-order chi connectivity index (χ1) is 15.1. The van der Waals surface area contributed by atoms with E-state index >= 15 is 0 Å². The zero-order valence-electron chi connectivity index (χ0n) is 16.9. The van der Waals surface area contributed by atoms with Gasteiger partial charge in [0.15, 0.2) is 5.82 Å². The first-order valence-electron chi connectivity index (χ1n) is 9.67. The van der Waals surface area contributed by atoms with Gasteiger partial charge in [-0.2, -0.15) is 9.97 Å². The zero-order chi connectivity index (χ0) is 21.6. The topological polar surface area (TPSA) is 106 Å². The fraction of sp³-hybridized carbons (Fsp3) is 0.136. The van der Waals surface area contributed by atoms with Gasteiger partial charge in [0.2, 0.25) is 5.95 Å². The maximum absolute atomic E-state index is 13.2. The number of rotatable bonds is 7. The van der Waals surface area contributed by atoms with Crippen LogP contribution in [0.25, 0.3) is 0 Å². The largest absolute Gasteiger partial charge is 0.383 e. The van der Waals surface area contributed by atoms with Gasteiger partial charge < -0.3 is 16.0 Å². The molecule has 0 saturated carbocycles. The van der Waals surface area contributed by atoms with E-state index in [1.54, 1.807) is 49.2 Å². The van der Waals surface area contributed by atoms with Crippen molar-refractivity contribution in [1.82, 2.24) is 24.9 Å². The van der Waals surface area contributed by atoms with Crippen LogP contribution in [0, 0.1) is 5.82 Å². The predicted octanol–water partition coefficient (Wildman–Crippen LogP) is 3.89. The molecule has 0 radical (unpaired) electrons. The van der Waals surface area contributed by atoms with Crippen LogP contribution in [0.4, 0.5) is 27.8 Å². The summed E-state index contributed by atoms with van der Waals surface area (Å²) in [5, 5.41) is 3.23. The van der Waals surface area contributed by atoms with Crippen molar-refractivity contribution in [2.75, 3.05) is 16.0 Å². The van der Waals surface area contributed by atoms with E-state index in [-0.39, 0.29) is 11.9 Å². The Labute approximate surface area is 179 Å². The van der Waals surface area contributed by atoms with Gasteiger partial charge in [0, 0.05) is 30.9 Å². The van der Waals surface area contributed by atoms with Crippen LogP contribution in [-0.2, 0) is 6.54 Å². The number of anilines is 4. The minimum atomic E-state index is -0.284. The molecule has 8 nitrogen and oxygen atoms in total. The number of halogens is 1. The number of benzene rings is 1. The molecule has 0 saturated heterocycles. The normalized spacial score (nSPS) is 11.7. The molecule has 4 aromatic rings. The second-order valence-corrected chi connectivity index (χ2v) is 6.90. The van der Waals surface area contributed by atoms with Crippen LogP contribution in [0.5, 0.6) is 0 Å². The third-order valence-electron chi connectivity index (χ3n) is 4.61. The minimum absolute atomic E-state index is 0.154. The summed E-state index contributed by atoms with van der Waals surface area (Å²) in [5.41, 5.74) is 7.96. The highest BCUT2D eigenvalue weighted by Crippen LogP contribution is 2.27. The highest BCUT2D eigenvalue weighted by atomic mass is 19.1. The summed E-state index contributed by atoms with van der Waals surface area (Å²) in [4.78, 5) is 23.6. The van der Waals surface area contributed by atoms with Gasteiger partial charge in [0.1, 0.15) is 17.5 Å². The Hall–Kier alpha value is -4.14. The number of nitrogens with two attached hydrogens (primary N) is 1. The van der Waals surface area contributed by atoms with Crippen LogP contribution in [0.15, 0.2) is 73.4 Å². The summed E-state index contributed by atoms with van der Waals surface area (Å²) < 4.78 is 13.2. The van der Waals surface area contributed by atoms with Gasteiger partial charge in [-0.1, -0.05) is 18.2 Å². The fourth-order valence-electron chi connectivity index (χ4n) is 3.07. The molecular formula is C22H21FN8. The summed E-state index contributed by atoms with van der Waals surface area (Å²) in [6, 6.07) is 11.6. The third-order valence-corrected chi connectivity index (χ3v) is 4.61. The summed E-state index contributed by atoms with van der Waals surface area (Å²) in [7, 11) is 0. The number of hydrogen-bond donors (Lipinski definition) is 2. The van der Waals surface area contributed by atoms with Crippen molar-refractivity contribution in [3.05, 3.63) is 90.4 Å². The molecule has 0 unspecified atom stereocenters. The van der Waals surface area contributed by atoms with E-state index in [9.17, 15) is 4.39 Å². The van der Waals surface area contributed by atoms with Gasteiger partial charge in [-0.15, -0.1) is 0 Å². The molecule has 0 bridgehead atoms. The first-order valence-corrected chi connectivity index (χ1v) is 9.67. The average Bonchev–Trinajstić information content (AvgIpc) is 2.79. The molecule has 9 heteroatoms. The number of hydrogen-bond acceptors (Lipinski definition) is 8. The molecule has 3 heterocycles. The molecule has 1 aromatic carbocycles. The molecule has 31 heavy (non-hydrogen) atoms. The lowest BCUT2D eigenvalue weighted by Crippen LogP contribution is -2.21. The monoisotopic (exact) mass is 416 g/mol. The van der Waals surface area contributed by atoms with E-state index < -0.39 is 0 Å². The van der Waals surface area contributed by atoms with Crippen molar-refractivity contribution in [3.63, 3.8) is 0 Å². The van der Waals surface area contributed by atoms with Crippen LogP contribution < -0.4 is 16.0 Å². The van der Waals surface area contributed by atoms with Gasteiger partial charge in [-0.3, -0.25) is 9.97 Å². The molecule has 0 aliphatic heterocycles. The van der Waals surface area contributed by atoms with Gasteiger partial charge in [-0.05, 0) is 36.2 Å². The van der Waals surface area contributed by atoms with E-state index in [4.69, 9.17) is 5.73 Å². The smallest absolute Gasteiger partial charge is 0.227 e. The van der Waals surface area contributed by atoms with Crippen molar-refractivity contribution in [2.45, 2.75) is 19.5 Å². The molecule has 4 rings (SSSR count). The molecule has 1 atom stereocenters. The highest BCUT2D eigenvalue weighted by Gasteiger charge is 2.17. The average molecular weight is 416 g/mol. The number of nitrogen functional groups attached to an aromatic ring is 1. The summed E-state index contributed by atoms with van der Waals surface area (Å²) >= 11 is 0. The van der Waals surface area contributed by atoms with E-state index in [1.807, 2.05) is 24.0 Å². The molecule has 156 valence electrons. The first kappa shape index (κ1) is 20.1. The Balaban J connectivity index is 1.65. The van der Waals surface area contributed by atoms with Gasteiger partial charge in [0.05, 0.1) is 18.8 Å². The molecule has 0 aliphatic carbocycles. The van der Waals surface area contributed by atoms with Crippen molar-refractivity contribution in [1.29, 1.82) is 0 Å². The summed E-state index contributed by atoms with van der Waals surface area (Å²) in [6.07, 6.45) is 8.38. The number of nitrogens with one attached hydrogen (secondary N) is 1. The van der Waals surface area contributed by atoms with E-state index in [2.05, 4.69) is 30.2 Å². The second-order valence-electron chi connectivity index (χ2n) is 6.90. The fourth-order valence-corrected chi connectivity index (χ4v) is 3.07. The maximum atomic E-state index is 13.2. The van der Waals surface area contributed by atoms with E-state index in [1.165, 1.54) is 12.1 Å². The predicted molar refractivity (Wildman–Crippen MR) is 117 cm³/mol. The maximum Gasteiger partial charge on any atom is 0.227 e.